The Balaban J connectivity index is 2.17. The van der Waals surface area contributed by atoms with E-state index in [0.717, 1.165) is 5.56 Å². The number of aliphatic hydroxyl groups excluding tert-OH is 1. The lowest BCUT2D eigenvalue weighted by molar-refractivity contribution is -0.133. The van der Waals surface area contributed by atoms with Crippen molar-refractivity contribution in [2.24, 2.45) is 5.92 Å². The molecule has 0 radical (unpaired) electrons. The number of methoxy groups -OCH3 is 1. The quantitative estimate of drug-likeness (QED) is 0.591. The number of carbonyl (C=O) groups is 2. The number of amides is 1. The second kappa shape index (κ2) is 9.58. The van der Waals surface area contributed by atoms with Gasteiger partial charge in [0.2, 0.25) is 5.91 Å². The lowest BCUT2D eigenvalue weighted by atomic mass is 9.90. The second-order valence-corrected chi connectivity index (χ2v) is 5.91. The van der Waals surface area contributed by atoms with E-state index in [0.29, 0.717) is 5.56 Å². The molecule has 0 heterocycles. The first kappa shape index (κ1) is 19.5. The van der Waals surface area contributed by atoms with E-state index in [1.165, 1.54) is 13.2 Å². The molecule has 6 heteroatoms. The van der Waals surface area contributed by atoms with E-state index < -0.39 is 11.8 Å². The Morgan fingerprint density at radius 1 is 1.12 bits per heavy atom. The van der Waals surface area contributed by atoms with Gasteiger partial charge in [-0.25, -0.2) is 0 Å². The molecule has 0 fully saturated rings. The monoisotopic (exact) mass is 357 g/mol. The summed E-state index contributed by atoms with van der Waals surface area (Å²) in [6.45, 7) is -0.0857. The molecule has 6 nitrogen and oxygen atoms in total. The number of hydrogen-bond donors (Lipinski definition) is 3. The van der Waals surface area contributed by atoms with Crippen LogP contribution in [0.4, 0.5) is 0 Å². The zero-order chi connectivity index (χ0) is 18.9. The molecule has 0 bridgehead atoms. The first-order valence-electron chi connectivity index (χ1n) is 8.36. The Hall–Kier alpha value is -2.86. The Labute approximate surface area is 152 Å². The van der Waals surface area contributed by atoms with E-state index in [2.05, 4.69) is 5.32 Å². The van der Waals surface area contributed by atoms with Crippen molar-refractivity contribution < 1.29 is 24.5 Å². The maximum atomic E-state index is 12.8. The average molecular weight is 357 g/mol. The zero-order valence-corrected chi connectivity index (χ0v) is 14.6. The van der Waals surface area contributed by atoms with Gasteiger partial charge in [-0.15, -0.1) is 0 Å². The summed E-state index contributed by atoms with van der Waals surface area (Å²) in [6.07, 6.45) is 0.326. The van der Waals surface area contributed by atoms with Crippen LogP contribution < -0.4 is 10.1 Å². The van der Waals surface area contributed by atoms with Gasteiger partial charge in [-0.05, 0) is 29.7 Å². The van der Waals surface area contributed by atoms with Crippen molar-refractivity contribution in [1.82, 2.24) is 5.32 Å². The van der Waals surface area contributed by atoms with E-state index in [1.54, 1.807) is 12.1 Å². The molecule has 2 rings (SSSR count). The maximum Gasteiger partial charge on any atom is 0.231 e. The number of phenolic OH excluding ortho intramolecular Hbond substituents is 1. The lowest BCUT2D eigenvalue weighted by Crippen LogP contribution is -2.38. The number of aliphatic hydroxyl groups is 1. The lowest BCUT2D eigenvalue weighted by Gasteiger charge is -2.16. The molecule has 3 N–H and O–H groups in total. The maximum absolute atomic E-state index is 12.8. The van der Waals surface area contributed by atoms with Crippen LogP contribution in [0.1, 0.15) is 11.1 Å². The predicted octanol–water partition coefficient (Wildman–Crippen LogP) is 1.48. The molecule has 0 aromatic heterocycles. The van der Waals surface area contributed by atoms with Crippen LogP contribution in [0, 0.1) is 5.92 Å². The molecule has 0 aliphatic carbocycles. The van der Waals surface area contributed by atoms with Crippen LogP contribution in [0.5, 0.6) is 11.5 Å². The van der Waals surface area contributed by atoms with Crippen molar-refractivity contribution in [3.8, 4) is 11.5 Å². The fourth-order valence-corrected chi connectivity index (χ4v) is 2.66. The van der Waals surface area contributed by atoms with Crippen LogP contribution in [0.3, 0.4) is 0 Å². The SMILES string of the molecule is COc1cc(CC(=O)C(Cc2ccccc2)C(=O)NCCO)ccc1O. The van der Waals surface area contributed by atoms with Gasteiger partial charge in [0.25, 0.3) is 0 Å². The first-order valence-corrected chi connectivity index (χ1v) is 8.36. The van der Waals surface area contributed by atoms with E-state index in [4.69, 9.17) is 9.84 Å². The molecular weight excluding hydrogens is 334 g/mol. The molecule has 1 atom stereocenters. The van der Waals surface area contributed by atoms with Gasteiger partial charge >= 0.3 is 0 Å². The molecule has 0 aliphatic heterocycles. The number of phenols is 1. The van der Waals surface area contributed by atoms with E-state index >= 15 is 0 Å². The molecule has 1 unspecified atom stereocenters. The second-order valence-electron chi connectivity index (χ2n) is 5.91. The Morgan fingerprint density at radius 3 is 2.50 bits per heavy atom. The molecular formula is C20H23NO5. The molecule has 26 heavy (non-hydrogen) atoms. The van der Waals surface area contributed by atoms with Gasteiger partial charge in [-0.3, -0.25) is 9.59 Å². The standard InChI is InChI=1S/C20H23NO5/c1-26-19-13-15(7-8-17(19)23)12-18(24)16(20(25)21-9-10-22)11-14-5-3-2-4-6-14/h2-8,13,16,22-23H,9-12H2,1H3,(H,21,25). The minimum atomic E-state index is -0.858. The van der Waals surface area contributed by atoms with Crippen molar-refractivity contribution >= 4 is 11.7 Å². The van der Waals surface area contributed by atoms with Crippen molar-refractivity contribution in [2.45, 2.75) is 12.8 Å². The van der Waals surface area contributed by atoms with Gasteiger partial charge in [0.15, 0.2) is 11.5 Å². The Morgan fingerprint density at radius 2 is 1.85 bits per heavy atom. The third-order valence-electron chi connectivity index (χ3n) is 4.02. The van der Waals surface area contributed by atoms with Gasteiger partial charge in [-0.2, -0.15) is 0 Å². The van der Waals surface area contributed by atoms with Gasteiger partial charge < -0.3 is 20.3 Å². The molecule has 1 amide bonds. The van der Waals surface area contributed by atoms with Crippen LogP contribution in [-0.4, -0.2) is 42.2 Å². The minimum absolute atomic E-state index is 0.00905. The van der Waals surface area contributed by atoms with Gasteiger partial charge in [-0.1, -0.05) is 36.4 Å². The Bertz CT molecular complexity index is 745. The normalized spacial score (nSPS) is 11.6. The smallest absolute Gasteiger partial charge is 0.231 e. The van der Waals surface area contributed by atoms with Crippen molar-refractivity contribution in [3.63, 3.8) is 0 Å². The van der Waals surface area contributed by atoms with Crippen LogP contribution in [0.15, 0.2) is 48.5 Å². The number of hydrogen-bond acceptors (Lipinski definition) is 5. The van der Waals surface area contributed by atoms with Crippen molar-refractivity contribution in [1.29, 1.82) is 0 Å². The summed E-state index contributed by atoms with van der Waals surface area (Å²) < 4.78 is 5.06. The largest absolute Gasteiger partial charge is 0.504 e. The molecule has 0 aliphatic rings. The summed E-state index contributed by atoms with van der Waals surface area (Å²) in [5.41, 5.74) is 1.53. The molecule has 138 valence electrons. The number of benzene rings is 2. The number of rotatable bonds is 9. The molecule has 2 aromatic carbocycles. The zero-order valence-electron chi connectivity index (χ0n) is 14.6. The van der Waals surface area contributed by atoms with Crippen LogP contribution in [0.25, 0.3) is 0 Å². The highest BCUT2D eigenvalue weighted by molar-refractivity contribution is 6.02. The van der Waals surface area contributed by atoms with Crippen LogP contribution in [0.2, 0.25) is 0 Å². The summed E-state index contributed by atoms with van der Waals surface area (Å²) in [5, 5.41) is 21.1. The topological polar surface area (TPSA) is 95.9 Å². The molecule has 0 spiro atoms. The first-order chi connectivity index (χ1) is 12.5. The van der Waals surface area contributed by atoms with Crippen LogP contribution in [-0.2, 0) is 22.4 Å². The van der Waals surface area contributed by atoms with E-state index in [-0.39, 0.29) is 43.3 Å². The third-order valence-corrected chi connectivity index (χ3v) is 4.02. The summed E-state index contributed by atoms with van der Waals surface area (Å²) in [7, 11) is 1.43. The van der Waals surface area contributed by atoms with E-state index in [9.17, 15) is 14.7 Å². The number of ether oxygens (including phenoxy) is 1. The number of nitrogens with one attached hydrogen (secondary N) is 1. The van der Waals surface area contributed by atoms with E-state index in [1.807, 2.05) is 30.3 Å². The summed E-state index contributed by atoms with van der Waals surface area (Å²) in [4.78, 5) is 25.2. The van der Waals surface area contributed by atoms with Gasteiger partial charge in [0, 0.05) is 13.0 Å². The predicted molar refractivity (Wildman–Crippen MR) is 97.1 cm³/mol. The van der Waals surface area contributed by atoms with Crippen molar-refractivity contribution in [2.75, 3.05) is 20.3 Å². The van der Waals surface area contributed by atoms with Crippen molar-refractivity contribution in [3.05, 3.63) is 59.7 Å². The highest BCUT2D eigenvalue weighted by Crippen LogP contribution is 2.27. The summed E-state index contributed by atoms with van der Waals surface area (Å²) in [6, 6.07) is 14.0. The fraction of sp³-hybridized carbons (Fsp3) is 0.300. The van der Waals surface area contributed by atoms with Crippen LogP contribution >= 0.6 is 0 Å². The molecule has 0 saturated carbocycles. The highest BCUT2D eigenvalue weighted by Gasteiger charge is 2.26. The Kier molecular flexibility index (Phi) is 7.17. The number of Topliss-reactive ketones (excluding diaryl/α,β-unsaturated/α-hetero) is 1. The minimum Gasteiger partial charge on any atom is -0.504 e. The number of ketones is 1. The summed E-state index contributed by atoms with van der Waals surface area (Å²) in [5.74, 6) is -1.23. The summed E-state index contributed by atoms with van der Waals surface area (Å²) >= 11 is 0. The molecule has 2 aromatic rings. The van der Waals surface area contributed by atoms with Gasteiger partial charge in [0.05, 0.1) is 13.7 Å². The highest BCUT2D eigenvalue weighted by atomic mass is 16.5. The van der Waals surface area contributed by atoms with Gasteiger partial charge in [0.1, 0.15) is 11.7 Å². The molecule has 0 saturated heterocycles. The number of carbonyl (C=O) groups excluding carboxylic acids is 2. The third kappa shape index (κ3) is 5.32. The number of aromatic hydroxyl groups is 1. The fourth-order valence-electron chi connectivity index (χ4n) is 2.66. The average Bonchev–Trinajstić information content (AvgIpc) is 2.66.